The summed E-state index contributed by atoms with van der Waals surface area (Å²) < 4.78 is 87.4. The standard InChI is InChI=1S/C78H58BF6N3/c1-74-45-15-16-46-75(74,2)88(64-34-14-13-31-61(64)74)56-47-67-71-68(48-56)87(73-58(50-23-9-5-10-24-50)28-18-30-60(73)52-39-43-55(44-40-52)78(83,84)85)66-36-20-33-63-70(66)79(71)69-62(76(63,3)53-25-11-6-12-26-53)32-19-35-65(69)86(67)72-57(49-21-7-4-8-22-49)27-17-29-59(72)51-37-41-54(42-38-51)77(80,81)82/h4-14,17-44,47-48H,15-16,45-46H2,1-3H3. The highest BCUT2D eigenvalue weighted by Crippen LogP contribution is 2.63. The van der Waals surface area contributed by atoms with Gasteiger partial charge in [-0.15, -0.1) is 0 Å². The summed E-state index contributed by atoms with van der Waals surface area (Å²) in [4.78, 5) is 7.47. The van der Waals surface area contributed by atoms with Crippen LogP contribution >= 0.6 is 0 Å². The quantitative estimate of drug-likeness (QED) is 0.111. The average Bonchev–Trinajstić information content (AvgIpc) is 0.704. The van der Waals surface area contributed by atoms with Gasteiger partial charge in [0, 0.05) is 67.2 Å². The lowest BCUT2D eigenvalue weighted by Crippen LogP contribution is -2.67. The fourth-order valence-electron chi connectivity index (χ4n) is 16.3. The van der Waals surface area contributed by atoms with E-state index in [1.807, 2.05) is 66.7 Å². The third-order valence-corrected chi connectivity index (χ3v) is 20.6. The minimum atomic E-state index is -4.55. The lowest BCUT2D eigenvalue weighted by molar-refractivity contribution is -0.138. The fraction of sp³-hybridized carbons (Fsp3) is 0.154. The Morgan fingerprint density at radius 1 is 0.364 bits per heavy atom. The highest BCUT2D eigenvalue weighted by molar-refractivity contribution is 7.01. The third kappa shape index (κ3) is 7.72. The summed E-state index contributed by atoms with van der Waals surface area (Å²) >= 11 is 0. The summed E-state index contributed by atoms with van der Waals surface area (Å²) in [6, 6.07) is 81.6. The topological polar surface area (TPSA) is 9.72 Å². The predicted octanol–water partition coefficient (Wildman–Crippen LogP) is 19.9. The molecule has 11 aromatic carbocycles. The number of anilines is 8. The first-order chi connectivity index (χ1) is 42.6. The number of hydrogen-bond acceptors (Lipinski definition) is 3. The number of hydrogen-bond donors (Lipinski definition) is 0. The largest absolute Gasteiger partial charge is 0.416 e. The van der Waals surface area contributed by atoms with Crippen molar-refractivity contribution in [1.82, 2.24) is 0 Å². The predicted molar refractivity (Wildman–Crippen MR) is 347 cm³/mol. The highest BCUT2D eigenvalue weighted by Gasteiger charge is 2.59. The number of halogens is 6. The lowest BCUT2D eigenvalue weighted by Gasteiger charge is -2.53. The Labute approximate surface area is 508 Å². The van der Waals surface area contributed by atoms with E-state index in [4.69, 9.17) is 0 Å². The molecule has 16 rings (SSSR count). The van der Waals surface area contributed by atoms with Gasteiger partial charge in [0.15, 0.2) is 0 Å². The van der Waals surface area contributed by atoms with E-state index in [0.29, 0.717) is 11.1 Å². The molecule has 0 bridgehead atoms. The monoisotopic (exact) mass is 1160 g/mol. The van der Waals surface area contributed by atoms with Crippen molar-refractivity contribution in [3.63, 3.8) is 0 Å². The Morgan fingerprint density at radius 2 is 0.750 bits per heavy atom. The molecule has 0 spiro atoms. The molecule has 1 aliphatic carbocycles. The van der Waals surface area contributed by atoms with Crippen molar-refractivity contribution < 1.29 is 26.3 Å². The summed E-state index contributed by atoms with van der Waals surface area (Å²) in [6.07, 6.45) is -5.02. The first-order valence-electron chi connectivity index (χ1n) is 30.3. The van der Waals surface area contributed by atoms with Gasteiger partial charge in [0.1, 0.15) is 0 Å². The molecule has 88 heavy (non-hydrogen) atoms. The molecule has 2 unspecified atom stereocenters. The van der Waals surface area contributed by atoms with Crippen LogP contribution in [0, 0.1) is 0 Å². The number of para-hydroxylation sites is 3. The molecule has 10 heteroatoms. The SMILES string of the molecule is CC1(c2ccccc2)c2cccc3c2B2c4c(cc(N5c6ccccc6C6(C)CCCCC56C)cc4N(c4c(-c5ccccc5)cccc4-c4ccc(C(F)(F)F)cc4)c4cccc1c42)N3c1c(-c2ccccc2)cccc1-c1ccc(C(F)(F)F)cc1. The van der Waals surface area contributed by atoms with Crippen LogP contribution in [0.4, 0.5) is 71.8 Å². The van der Waals surface area contributed by atoms with Gasteiger partial charge in [-0.05, 0) is 142 Å². The van der Waals surface area contributed by atoms with E-state index in [2.05, 4.69) is 169 Å². The van der Waals surface area contributed by atoms with Crippen LogP contribution in [-0.4, -0.2) is 12.3 Å². The molecule has 0 radical (unpaired) electrons. The molecule has 1 fully saturated rings. The van der Waals surface area contributed by atoms with Gasteiger partial charge in [0.25, 0.3) is 6.71 Å². The van der Waals surface area contributed by atoms with Crippen molar-refractivity contribution in [2.24, 2.45) is 0 Å². The molecule has 2 atom stereocenters. The van der Waals surface area contributed by atoms with Gasteiger partial charge in [-0.3, -0.25) is 0 Å². The van der Waals surface area contributed by atoms with E-state index in [0.717, 1.165) is 138 Å². The van der Waals surface area contributed by atoms with Crippen LogP contribution < -0.4 is 31.1 Å². The van der Waals surface area contributed by atoms with Crippen molar-refractivity contribution in [3.05, 3.63) is 282 Å². The first kappa shape index (κ1) is 53.9. The summed E-state index contributed by atoms with van der Waals surface area (Å²) in [7, 11) is 0. The van der Waals surface area contributed by atoms with Crippen LogP contribution in [0.25, 0.3) is 44.5 Å². The van der Waals surface area contributed by atoms with Gasteiger partial charge < -0.3 is 14.7 Å². The van der Waals surface area contributed by atoms with Crippen molar-refractivity contribution >= 4 is 68.6 Å². The zero-order chi connectivity index (χ0) is 60.1. The Bertz CT molecular complexity index is 4380. The highest BCUT2D eigenvalue weighted by atomic mass is 19.4. The second kappa shape index (κ2) is 19.5. The van der Waals surface area contributed by atoms with E-state index in [9.17, 15) is 26.3 Å². The fourth-order valence-corrected chi connectivity index (χ4v) is 16.3. The summed E-state index contributed by atoms with van der Waals surface area (Å²) in [5, 5.41) is 0. The van der Waals surface area contributed by atoms with Gasteiger partial charge >= 0.3 is 12.4 Å². The van der Waals surface area contributed by atoms with Crippen LogP contribution in [0.15, 0.2) is 249 Å². The maximum Gasteiger partial charge on any atom is 0.416 e. The summed E-state index contributed by atoms with van der Waals surface area (Å²) in [5.41, 5.74) is 18.9. The smallest absolute Gasteiger partial charge is 0.334 e. The molecule has 11 aromatic rings. The minimum absolute atomic E-state index is 0.228. The number of fused-ring (bicyclic) bond motifs is 3. The summed E-state index contributed by atoms with van der Waals surface area (Å²) in [5.74, 6) is 0. The Balaban J connectivity index is 1.10. The van der Waals surface area contributed by atoms with Crippen molar-refractivity contribution in [2.75, 3.05) is 14.7 Å². The average molecular weight is 1160 g/mol. The molecule has 0 aromatic heterocycles. The van der Waals surface area contributed by atoms with Crippen LogP contribution in [0.1, 0.15) is 79.8 Å². The van der Waals surface area contributed by atoms with Crippen molar-refractivity contribution in [2.45, 2.75) is 75.2 Å². The number of rotatable bonds is 8. The number of alkyl halides is 6. The van der Waals surface area contributed by atoms with Crippen molar-refractivity contribution in [1.29, 1.82) is 0 Å². The van der Waals surface area contributed by atoms with E-state index in [1.54, 1.807) is 24.3 Å². The van der Waals surface area contributed by atoms with E-state index >= 15 is 0 Å². The molecular formula is C78H58BF6N3. The maximum absolute atomic E-state index is 14.6. The molecule has 0 amide bonds. The molecule has 5 aliphatic rings. The van der Waals surface area contributed by atoms with E-state index < -0.39 is 34.4 Å². The molecule has 1 saturated carbocycles. The molecule has 0 N–H and O–H groups in total. The second-order valence-corrected chi connectivity index (χ2v) is 24.9. The van der Waals surface area contributed by atoms with Crippen LogP contribution in [-0.2, 0) is 23.2 Å². The third-order valence-electron chi connectivity index (χ3n) is 20.6. The molecule has 4 heterocycles. The molecule has 3 nitrogen and oxygen atoms in total. The number of nitrogens with zero attached hydrogens (tertiary/aromatic N) is 3. The van der Waals surface area contributed by atoms with E-state index in [1.165, 1.54) is 29.8 Å². The van der Waals surface area contributed by atoms with Gasteiger partial charge in [0.05, 0.1) is 28.0 Å². The molecule has 4 aliphatic heterocycles. The first-order valence-corrected chi connectivity index (χ1v) is 30.3. The number of benzene rings is 11. The van der Waals surface area contributed by atoms with Crippen LogP contribution in [0.5, 0.6) is 0 Å². The zero-order valence-corrected chi connectivity index (χ0v) is 48.7. The van der Waals surface area contributed by atoms with Crippen molar-refractivity contribution in [3.8, 4) is 44.5 Å². The lowest BCUT2D eigenvalue weighted by atomic mass is 9.28. The molecule has 430 valence electrons. The van der Waals surface area contributed by atoms with Crippen LogP contribution in [0.2, 0.25) is 0 Å². The van der Waals surface area contributed by atoms with Gasteiger partial charge in [0.2, 0.25) is 0 Å². The maximum atomic E-state index is 14.6. The van der Waals surface area contributed by atoms with Gasteiger partial charge in [-0.25, -0.2) is 0 Å². The van der Waals surface area contributed by atoms with Gasteiger partial charge in [-0.2, -0.15) is 26.3 Å². The second-order valence-electron chi connectivity index (χ2n) is 24.9. The molecular weight excluding hydrogens is 1100 g/mol. The molecule has 0 saturated heterocycles. The Hall–Kier alpha value is -9.54. The minimum Gasteiger partial charge on any atom is -0.334 e. The Morgan fingerprint density at radius 3 is 1.22 bits per heavy atom. The Kier molecular flexibility index (Phi) is 11.9. The normalized spacial score (nSPS) is 18.4. The van der Waals surface area contributed by atoms with Gasteiger partial charge in [-0.1, -0.05) is 214 Å². The zero-order valence-electron chi connectivity index (χ0n) is 48.7. The van der Waals surface area contributed by atoms with E-state index in [-0.39, 0.29) is 12.1 Å². The summed E-state index contributed by atoms with van der Waals surface area (Å²) in [6.45, 7) is 6.85. The van der Waals surface area contributed by atoms with Crippen LogP contribution in [0.3, 0.4) is 0 Å².